The van der Waals surface area contributed by atoms with Crippen LogP contribution in [0.1, 0.15) is 28.4 Å². The Bertz CT molecular complexity index is 841. The van der Waals surface area contributed by atoms with Crippen molar-refractivity contribution in [2.45, 2.75) is 18.6 Å². The van der Waals surface area contributed by atoms with Crippen LogP contribution in [0.4, 0.5) is 0 Å². The number of H-pyrrole nitrogens is 1. The topological polar surface area (TPSA) is 159 Å². The van der Waals surface area contributed by atoms with Gasteiger partial charge in [-0.15, -0.1) is 0 Å². The Hall–Kier alpha value is -2.87. The average molecular weight is 318 g/mol. The summed E-state index contributed by atoms with van der Waals surface area (Å²) in [6, 6.07) is 4.29. The number of carboxylic acids is 1. The third-order valence-electron chi connectivity index (χ3n) is 3.43. The average Bonchev–Trinajstić information content (AvgIpc) is 2.53. The van der Waals surface area contributed by atoms with Gasteiger partial charge in [0.1, 0.15) is 11.7 Å². The molecule has 2 unspecified atom stereocenters. The highest BCUT2D eigenvalue weighted by atomic mass is 16.4. The summed E-state index contributed by atoms with van der Waals surface area (Å²) in [6.07, 6.45) is -1.20. The second kappa shape index (κ2) is 6.93. The second-order valence-corrected chi connectivity index (χ2v) is 4.90. The van der Waals surface area contributed by atoms with Gasteiger partial charge in [-0.2, -0.15) is 0 Å². The van der Waals surface area contributed by atoms with Gasteiger partial charge >= 0.3 is 5.97 Å². The van der Waals surface area contributed by atoms with Crippen LogP contribution in [-0.4, -0.2) is 38.9 Å². The largest absolute Gasteiger partial charge is 0.477 e. The van der Waals surface area contributed by atoms with Gasteiger partial charge in [0.15, 0.2) is 0 Å². The van der Waals surface area contributed by atoms with E-state index in [1.54, 1.807) is 0 Å². The van der Waals surface area contributed by atoms with Gasteiger partial charge in [-0.05, 0) is 29.6 Å². The molecule has 0 aliphatic rings. The van der Waals surface area contributed by atoms with Crippen molar-refractivity contribution in [3.63, 3.8) is 0 Å². The fourth-order valence-corrected chi connectivity index (χ4v) is 2.20. The summed E-state index contributed by atoms with van der Waals surface area (Å²) in [5, 5.41) is 32.3. The summed E-state index contributed by atoms with van der Waals surface area (Å²) in [4.78, 5) is 28.2. The van der Waals surface area contributed by atoms with Gasteiger partial charge in [-0.1, -0.05) is 11.2 Å². The lowest BCUT2D eigenvalue weighted by Crippen LogP contribution is -2.20. The molecule has 0 spiro atoms. The molecule has 120 valence electrons. The maximum atomic E-state index is 12.0. The standard InChI is InChI=1S/C14H14N4O5/c15-18-17-4-3-11(19)12(20)7-1-2-8-10(5-7)16-6-9(13(8)21)14(22)23/h1-2,5-6,11-12,19-20H,3-4H2,(H,16,21)(H,22,23). The molecule has 2 atom stereocenters. The summed E-state index contributed by atoms with van der Waals surface area (Å²) < 4.78 is 0. The fraction of sp³-hybridized carbons (Fsp3) is 0.286. The number of aromatic amines is 1. The van der Waals surface area contributed by atoms with Crippen LogP contribution in [0.25, 0.3) is 21.3 Å². The van der Waals surface area contributed by atoms with Gasteiger partial charge < -0.3 is 20.3 Å². The van der Waals surface area contributed by atoms with Crippen molar-refractivity contribution in [3.8, 4) is 0 Å². The van der Waals surface area contributed by atoms with Crippen molar-refractivity contribution in [1.82, 2.24) is 4.98 Å². The Morgan fingerprint density at radius 2 is 2.13 bits per heavy atom. The zero-order chi connectivity index (χ0) is 17.0. The van der Waals surface area contributed by atoms with Crippen molar-refractivity contribution >= 4 is 16.9 Å². The van der Waals surface area contributed by atoms with Crippen LogP contribution in [0.2, 0.25) is 0 Å². The number of aliphatic hydroxyl groups is 2. The minimum absolute atomic E-state index is 0.0428. The molecule has 0 aliphatic carbocycles. The highest BCUT2D eigenvalue weighted by Crippen LogP contribution is 2.22. The highest BCUT2D eigenvalue weighted by Gasteiger charge is 2.19. The van der Waals surface area contributed by atoms with Crippen LogP contribution in [0, 0.1) is 0 Å². The summed E-state index contributed by atoms with van der Waals surface area (Å²) in [5.74, 6) is -1.33. The molecule has 23 heavy (non-hydrogen) atoms. The number of nitrogens with one attached hydrogen (secondary N) is 1. The van der Waals surface area contributed by atoms with E-state index in [1.807, 2.05) is 0 Å². The number of azide groups is 1. The SMILES string of the molecule is [N-]=[N+]=NCCC(O)C(O)c1ccc2c(=O)c(C(=O)O)c[nH]c2c1. The Morgan fingerprint density at radius 3 is 2.78 bits per heavy atom. The van der Waals surface area contributed by atoms with Gasteiger partial charge in [0, 0.05) is 28.6 Å². The molecule has 0 aliphatic heterocycles. The quantitative estimate of drug-likeness (QED) is 0.358. The van der Waals surface area contributed by atoms with Gasteiger partial charge in [0.2, 0.25) is 5.43 Å². The smallest absolute Gasteiger partial charge is 0.341 e. The molecule has 2 aromatic rings. The second-order valence-electron chi connectivity index (χ2n) is 4.90. The van der Waals surface area contributed by atoms with Crippen LogP contribution in [0.5, 0.6) is 0 Å². The predicted molar refractivity (Wildman–Crippen MR) is 81.1 cm³/mol. The van der Waals surface area contributed by atoms with Crippen molar-refractivity contribution < 1.29 is 20.1 Å². The lowest BCUT2D eigenvalue weighted by Gasteiger charge is -2.17. The number of carboxylic acid groups (broad SMARTS) is 1. The van der Waals surface area contributed by atoms with E-state index in [0.717, 1.165) is 6.20 Å². The monoisotopic (exact) mass is 318 g/mol. The van der Waals surface area contributed by atoms with E-state index in [2.05, 4.69) is 15.0 Å². The van der Waals surface area contributed by atoms with E-state index in [-0.39, 0.29) is 23.9 Å². The van der Waals surface area contributed by atoms with Crippen LogP contribution >= 0.6 is 0 Å². The highest BCUT2D eigenvalue weighted by molar-refractivity contribution is 5.92. The zero-order valence-electron chi connectivity index (χ0n) is 11.9. The molecular weight excluding hydrogens is 304 g/mol. The lowest BCUT2D eigenvalue weighted by molar-refractivity contribution is 0.0151. The molecule has 0 fully saturated rings. The van der Waals surface area contributed by atoms with Crippen LogP contribution in [0.15, 0.2) is 34.3 Å². The third-order valence-corrected chi connectivity index (χ3v) is 3.43. The number of rotatable bonds is 6. The fourth-order valence-electron chi connectivity index (χ4n) is 2.20. The Kier molecular flexibility index (Phi) is 4.97. The molecule has 1 aromatic carbocycles. The van der Waals surface area contributed by atoms with E-state index in [1.165, 1.54) is 18.2 Å². The van der Waals surface area contributed by atoms with Crippen molar-refractivity contribution in [1.29, 1.82) is 0 Å². The molecule has 0 radical (unpaired) electrons. The van der Waals surface area contributed by atoms with Crippen LogP contribution in [-0.2, 0) is 0 Å². The summed E-state index contributed by atoms with van der Waals surface area (Å²) in [7, 11) is 0. The summed E-state index contributed by atoms with van der Waals surface area (Å²) in [5.41, 5.74) is 7.87. The minimum Gasteiger partial charge on any atom is -0.477 e. The maximum Gasteiger partial charge on any atom is 0.341 e. The first-order chi connectivity index (χ1) is 11.0. The normalized spacial score (nSPS) is 13.3. The van der Waals surface area contributed by atoms with Crippen molar-refractivity contribution in [3.05, 3.63) is 56.2 Å². The minimum atomic E-state index is -1.33. The molecule has 0 bridgehead atoms. The predicted octanol–water partition coefficient (Wildman–Crippen LogP) is 1.32. The van der Waals surface area contributed by atoms with Crippen molar-refractivity contribution in [2.24, 2.45) is 5.11 Å². The number of hydrogen-bond acceptors (Lipinski definition) is 5. The van der Waals surface area contributed by atoms with Gasteiger partial charge in [0.05, 0.1) is 6.10 Å². The molecule has 0 amide bonds. The first kappa shape index (κ1) is 16.5. The number of carbonyl (C=O) groups is 1. The number of aromatic carboxylic acids is 1. The first-order valence-electron chi connectivity index (χ1n) is 6.71. The van der Waals surface area contributed by atoms with Crippen LogP contribution < -0.4 is 5.43 Å². The molecule has 4 N–H and O–H groups in total. The molecule has 0 saturated heterocycles. The van der Waals surface area contributed by atoms with Gasteiger partial charge in [-0.3, -0.25) is 4.79 Å². The van der Waals surface area contributed by atoms with Crippen LogP contribution in [0.3, 0.4) is 0 Å². The molecular formula is C14H14N4O5. The van der Waals surface area contributed by atoms with Gasteiger partial charge in [0.25, 0.3) is 0 Å². The van der Waals surface area contributed by atoms with E-state index < -0.39 is 23.6 Å². The van der Waals surface area contributed by atoms with E-state index >= 15 is 0 Å². The molecule has 1 aromatic heterocycles. The molecule has 1 heterocycles. The number of aromatic nitrogens is 1. The molecule has 0 saturated carbocycles. The Morgan fingerprint density at radius 1 is 1.39 bits per heavy atom. The van der Waals surface area contributed by atoms with E-state index in [4.69, 9.17) is 10.6 Å². The lowest BCUT2D eigenvalue weighted by atomic mass is 10.00. The number of pyridine rings is 1. The Labute approximate surface area is 129 Å². The molecule has 2 rings (SSSR count). The van der Waals surface area contributed by atoms with Gasteiger partial charge in [-0.25, -0.2) is 4.79 Å². The first-order valence-corrected chi connectivity index (χ1v) is 6.71. The van der Waals surface area contributed by atoms with E-state index in [9.17, 15) is 19.8 Å². The molecule has 9 nitrogen and oxygen atoms in total. The van der Waals surface area contributed by atoms with E-state index in [0.29, 0.717) is 11.1 Å². The maximum absolute atomic E-state index is 12.0. The van der Waals surface area contributed by atoms with Crippen molar-refractivity contribution in [2.75, 3.05) is 6.54 Å². The summed E-state index contributed by atoms with van der Waals surface area (Å²) >= 11 is 0. The molecule has 9 heteroatoms. The number of nitrogens with zero attached hydrogens (tertiary/aromatic N) is 3. The summed E-state index contributed by atoms with van der Waals surface area (Å²) in [6.45, 7) is 0.0428. The third kappa shape index (κ3) is 3.49. The zero-order valence-corrected chi connectivity index (χ0v) is 11.9. The number of benzene rings is 1. The number of hydrogen-bond donors (Lipinski definition) is 4. The number of aliphatic hydroxyl groups excluding tert-OH is 2. The Balaban J connectivity index is 2.33. The number of fused-ring (bicyclic) bond motifs is 1.